The highest BCUT2D eigenvalue weighted by Crippen LogP contribution is 2.33. The second-order valence-electron chi connectivity index (χ2n) is 7.07. The van der Waals surface area contributed by atoms with E-state index in [9.17, 15) is 14.0 Å². The van der Waals surface area contributed by atoms with Gasteiger partial charge in [-0.05, 0) is 35.8 Å². The number of anilines is 2. The molecule has 1 atom stereocenters. The van der Waals surface area contributed by atoms with Crippen LogP contribution >= 0.6 is 0 Å². The van der Waals surface area contributed by atoms with Crippen LogP contribution in [-0.2, 0) is 9.59 Å². The van der Waals surface area contributed by atoms with Gasteiger partial charge >= 0.3 is 5.97 Å². The Kier molecular flexibility index (Phi) is 5.74. The number of nitrogens with zero attached hydrogens (tertiary/aromatic N) is 3. The van der Waals surface area contributed by atoms with Crippen molar-refractivity contribution in [2.75, 3.05) is 10.6 Å². The maximum Gasteiger partial charge on any atom is 0.303 e. The molecule has 0 unspecified atom stereocenters. The van der Waals surface area contributed by atoms with Gasteiger partial charge in [0.2, 0.25) is 11.9 Å². The van der Waals surface area contributed by atoms with Crippen LogP contribution in [0.3, 0.4) is 0 Å². The van der Waals surface area contributed by atoms with Crippen molar-refractivity contribution >= 4 is 29.5 Å². The maximum atomic E-state index is 13.4. The van der Waals surface area contributed by atoms with E-state index in [1.165, 1.54) is 12.1 Å². The number of carboxylic acid groups (broad SMARTS) is 1. The highest BCUT2D eigenvalue weighted by molar-refractivity contribution is 5.89. The molecule has 2 heterocycles. The third-order valence-electron chi connectivity index (χ3n) is 4.81. The van der Waals surface area contributed by atoms with E-state index in [4.69, 9.17) is 5.11 Å². The summed E-state index contributed by atoms with van der Waals surface area (Å²) in [5, 5.41) is 18.9. The Morgan fingerprint density at radius 3 is 2.55 bits per heavy atom. The number of carbonyl (C=O) groups excluding carboxylic acids is 1. The summed E-state index contributed by atoms with van der Waals surface area (Å²) in [6, 6.07) is 15.4. The van der Waals surface area contributed by atoms with E-state index < -0.39 is 5.97 Å². The van der Waals surface area contributed by atoms with E-state index in [1.807, 2.05) is 36.4 Å². The molecule has 1 aliphatic rings. The van der Waals surface area contributed by atoms with Crippen molar-refractivity contribution in [1.29, 1.82) is 0 Å². The largest absolute Gasteiger partial charge is 0.481 e. The van der Waals surface area contributed by atoms with Crippen molar-refractivity contribution in [3.05, 3.63) is 77.6 Å². The van der Waals surface area contributed by atoms with Crippen molar-refractivity contribution in [3.63, 3.8) is 0 Å². The first-order valence-electron chi connectivity index (χ1n) is 9.77. The zero-order chi connectivity index (χ0) is 21.8. The van der Waals surface area contributed by atoms with E-state index >= 15 is 0 Å². The van der Waals surface area contributed by atoms with Crippen LogP contribution in [0.4, 0.5) is 16.3 Å². The molecule has 8 nitrogen and oxygen atoms in total. The number of fused-ring (bicyclic) bond motifs is 1. The average molecular weight is 421 g/mol. The number of carboxylic acids is 1. The van der Waals surface area contributed by atoms with Gasteiger partial charge in [0.05, 0.1) is 0 Å². The van der Waals surface area contributed by atoms with Gasteiger partial charge in [-0.1, -0.05) is 42.5 Å². The number of aromatic nitrogens is 3. The lowest BCUT2D eigenvalue weighted by Gasteiger charge is -2.24. The molecule has 9 heteroatoms. The van der Waals surface area contributed by atoms with Gasteiger partial charge in [0.1, 0.15) is 11.9 Å². The molecule has 1 aromatic heterocycles. The molecular weight excluding hydrogens is 401 g/mol. The number of allylic oxidation sites excluding steroid dienone is 1. The average Bonchev–Trinajstić information content (AvgIpc) is 3.16. The van der Waals surface area contributed by atoms with Crippen LogP contribution in [0.15, 0.2) is 60.7 Å². The molecule has 0 fully saturated rings. The minimum absolute atomic E-state index is 0.0541. The van der Waals surface area contributed by atoms with Crippen LogP contribution in [0.5, 0.6) is 0 Å². The highest BCUT2D eigenvalue weighted by Gasteiger charge is 2.25. The van der Waals surface area contributed by atoms with E-state index in [0.717, 1.165) is 16.8 Å². The molecule has 1 amide bonds. The molecule has 3 N–H and O–H groups in total. The molecule has 0 radical (unpaired) electrons. The number of rotatable bonds is 7. The second kappa shape index (κ2) is 8.78. The summed E-state index contributed by atoms with van der Waals surface area (Å²) in [6.45, 7) is 0. The van der Waals surface area contributed by atoms with E-state index in [-0.39, 0.29) is 43.0 Å². The van der Waals surface area contributed by atoms with Gasteiger partial charge in [-0.3, -0.25) is 14.9 Å². The summed E-state index contributed by atoms with van der Waals surface area (Å²) in [5.74, 6) is -1.11. The predicted molar refractivity (Wildman–Crippen MR) is 113 cm³/mol. The Morgan fingerprint density at radius 2 is 1.84 bits per heavy atom. The summed E-state index contributed by atoms with van der Waals surface area (Å²) in [4.78, 5) is 27.1. The normalized spacial score (nSPS) is 14.9. The van der Waals surface area contributed by atoms with Crippen LogP contribution in [0, 0.1) is 5.82 Å². The van der Waals surface area contributed by atoms with Crippen molar-refractivity contribution in [3.8, 4) is 0 Å². The van der Waals surface area contributed by atoms with Crippen LogP contribution in [0.1, 0.15) is 36.4 Å². The molecule has 4 rings (SSSR count). The quantitative estimate of drug-likeness (QED) is 0.537. The maximum absolute atomic E-state index is 13.4. The van der Waals surface area contributed by atoms with E-state index in [1.54, 1.807) is 16.8 Å². The fraction of sp³-hybridized carbons (Fsp3) is 0.182. The molecular formula is C22H20FN5O3. The van der Waals surface area contributed by atoms with Crippen LogP contribution in [-0.4, -0.2) is 31.7 Å². The lowest BCUT2D eigenvalue weighted by Crippen LogP contribution is -2.20. The zero-order valence-electron chi connectivity index (χ0n) is 16.5. The summed E-state index contributed by atoms with van der Waals surface area (Å²) in [5.41, 5.74) is 2.57. The number of halogens is 1. The summed E-state index contributed by atoms with van der Waals surface area (Å²) < 4.78 is 15.1. The van der Waals surface area contributed by atoms with Gasteiger partial charge in [0, 0.05) is 18.5 Å². The topological polar surface area (TPSA) is 109 Å². The van der Waals surface area contributed by atoms with E-state index in [2.05, 4.69) is 20.7 Å². The number of carbonyl (C=O) groups is 2. The molecule has 0 spiro atoms. The lowest BCUT2D eigenvalue weighted by molar-refractivity contribution is -0.137. The number of hydrogen-bond donors (Lipinski definition) is 3. The molecule has 0 bridgehead atoms. The number of nitrogens with one attached hydrogen (secondary N) is 2. The predicted octanol–water partition coefficient (Wildman–Crippen LogP) is 3.67. The fourth-order valence-electron chi connectivity index (χ4n) is 3.32. The number of benzene rings is 2. The summed E-state index contributed by atoms with van der Waals surface area (Å²) in [7, 11) is 0. The second-order valence-corrected chi connectivity index (χ2v) is 7.07. The number of amides is 1. The van der Waals surface area contributed by atoms with Crippen molar-refractivity contribution in [2.24, 2.45) is 0 Å². The Hall–Kier alpha value is -4.01. The summed E-state index contributed by atoms with van der Waals surface area (Å²) >= 11 is 0. The van der Waals surface area contributed by atoms with Crippen LogP contribution < -0.4 is 10.6 Å². The van der Waals surface area contributed by atoms with Gasteiger partial charge in [-0.15, -0.1) is 5.10 Å². The van der Waals surface area contributed by atoms with Gasteiger partial charge in [0.25, 0.3) is 5.95 Å². The molecule has 3 aromatic rings. The monoisotopic (exact) mass is 421 g/mol. The fourth-order valence-corrected chi connectivity index (χ4v) is 3.32. The van der Waals surface area contributed by atoms with Gasteiger partial charge in [-0.25, -0.2) is 9.07 Å². The van der Waals surface area contributed by atoms with Gasteiger partial charge < -0.3 is 10.4 Å². The smallest absolute Gasteiger partial charge is 0.303 e. The van der Waals surface area contributed by atoms with Gasteiger partial charge in [-0.2, -0.15) is 4.98 Å². The van der Waals surface area contributed by atoms with Crippen LogP contribution in [0.2, 0.25) is 0 Å². The Morgan fingerprint density at radius 1 is 1.10 bits per heavy atom. The molecule has 2 aromatic carbocycles. The Bertz CT molecular complexity index is 1130. The Labute approximate surface area is 177 Å². The third-order valence-corrected chi connectivity index (χ3v) is 4.81. The standard InChI is InChI=1S/C22H20FN5O3/c23-16-11-9-15(10-12-16)18-13-17(14-5-2-1-3-6-14)24-22-26-21(27-28(18)22)25-19(29)7-4-8-20(30)31/h1-3,5-6,9-13,18H,4,7-8H2,(H,30,31)(H2,24,25,26,27,29)/t18-/m1/s1. The zero-order valence-corrected chi connectivity index (χ0v) is 16.5. The molecule has 158 valence electrons. The summed E-state index contributed by atoms with van der Waals surface area (Å²) in [6.07, 6.45) is 2.16. The van der Waals surface area contributed by atoms with Gasteiger partial charge in [0.15, 0.2) is 0 Å². The minimum Gasteiger partial charge on any atom is -0.481 e. The van der Waals surface area contributed by atoms with Crippen molar-refractivity contribution in [1.82, 2.24) is 14.8 Å². The molecule has 1 aliphatic heterocycles. The minimum atomic E-state index is -0.950. The van der Waals surface area contributed by atoms with E-state index in [0.29, 0.717) is 5.95 Å². The number of aliphatic carboxylic acids is 1. The van der Waals surface area contributed by atoms with Crippen LogP contribution in [0.25, 0.3) is 5.70 Å². The van der Waals surface area contributed by atoms with Crippen molar-refractivity contribution in [2.45, 2.75) is 25.3 Å². The molecule has 0 aliphatic carbocycles. The highest BCUT2D eigenvalue weighted by atomic mass is 19.1. The molecule has 0 saturated heterocycles. The molecule has 31 heavy (non-hydrogen) atoms. The third kappa shape index (κ3) is 4.77. The lowest BCUT2D eigenvalue weighted by atomic mass is 10.0. The first-order valence-corrected chi connectivity index (χ1v) is 9.77. The van der Waals surface area contributed by atoms with Crippen molar-refractivity contribution < 1.29 is 19.1 Å². The first-order chi connectivity index (χ1) is 15.0. The number of hydrogen-bond acceptors (Lipinski definition) is 5. The first kappa shape index (κ1) is 20.3. The molecule has 0 saturated carbocycles. The Balaban J connectivity index is 1.61. The SMILES string of the molecule is O=C(O)CCCC(=O)Nc1nc2n(n1)[C@@H](c1ccc(F)cc1)C=C(c1ccccc1)N2.